The number of anilines is 1. The van der Waals surface area contributed by atoms with Crippen LogP contribution in [0.4, 0.5) is 10.5 Å². The Bertz CT molecular complexity index is 763. The number of nitrogens with one attached hydrogen (secondary N) is 1. The van der Waals surface area contributed by atoms with E-state index in [1.807, 2.05) is 62.4 Å². The molecule has 0 spiro atoms. The molecule has 2 amide bonds. The molecular formula is C20H25BrN4O2. The highest BCUT2D eigenvalue weighted by Crippen LogP contribution is 2.30. The van der Waals surface area contributed by atoms with Crippen LogP contribution in [0.3, 0.4) is 0 Å². The molecule has 0 radical (unpaired) electrons. The normalized spacial score (nSPS) is 10.5. The number of carbonyl (C=O) groups is 1. The van der Waals surface area contributed by atoms with Crippen molar-refractivity contribution in [1.82, 2.24) is 4.90 Å². The average molecular weight is 433 g/mol. The molecule has 0 heterocycles. The maximum absolute atomic E-state index is 13.0. The highest BCUT2D eigenvalue weighted by Gasteiger charge is 2.25. The fraction of sp³-hybridized carbons (Fsp3) is 0.300. The zero-order valence-corrected chi connectivity index (χ0v) is 17.2. The quantitative estimate of drug-likeness (QED) is 0.392. The first-order valence-corrected chi connectivity index (χ1v) is 9.54. The number of aryl methyl sites for hydroxylation is 1. The summed E-state index contributed by atoms with van der Waals surface area (Å²) in [5.74, 6) is -0.300. The summed E-state index contributed by atoms with van der Waals surface area (Å²) in [5.41, 5.74) is 8.47. The monoisotopic (exact) mass is 432 g/mol. The van der Waals surface area contributed by atoms with Gasteiger partial charge < -0.3 is 10.5 Å². The zero-order valence-electron chi connectivity index (χ0n) is 15.6. The highest BCUT2D eigenvalue weighted by atomic mass is 79.9. The van der Waals surface area contributed by atoms with Crippen LogP contribution in [0.1, 0.15) is 18.1 Å². The molecule has 0 aromatic heterocycles. The van der Waals surface area contributed by atoms with E-state index in [1.54, 1.807) is 4.90 Å². The van der Waals surface area contributed by atoms with Gasteiger partial charge in [0.1, 0.15) is 0 Å². The Labute approximate surface area is 168 Å². The fourth-order valence-corrected chi connectivity index (χ4v) is 3.42. The molecular weight excluding hydrogens is 408 g/mol. The molecule has 0 fully saturated rings. The molecule has 0 atom stereocenters. The van der Waals surface area contributed by atoms with Crippen LogP contribution in [0.5, 0.6) is 0 Å². The Hall–Kier alpha value is -2.38. The first-order valence-electron chi connectivity index (χ1n) is 8.75. The number of benzene rings is 2. The average Bonchev–Trinajstić information content (AvgIpc) is 2.65. The number of rotatable bonds is 7. The van der Waals surface area contributed by atoms with Crippen molar-refractivity contribution in [3.8, 4) is 0 Å². The van der Waals surface area contributed by atoms with Crippen molar-refractivity contribution in [3.63, 3.8) is 0 Å². The molecule has 0 bridgehead atoms. The number of para-hydroxylation sites is 1. The molecule has 6 nitrogen and oxygen atoms in total. The summed E-state index contributed by atoms with van der Waals surface area (Å²) >= 11 is 3.51. The van der Waals surface area contributed by atoms with Gasteiger partial charge in [0.15, 0.2) is 5.96 Å². The number of nitrogens with two attached hydrogens (primary N) is 1. The molecule has 2 aromatic carbocycles. The van der Waals surface area contributed by atoms with Gasteiger partial charge in [-0.3, -0.25) is 15.2 Å². The Kier molecular flexibility index (Phi) is 7.82. The number of urea groups is 1. The van der Waals surface area contributed by atoms with Crippen LogP contribution >= 0.6 is 15.9 Å². The van der Waals surface area contributed by atoms with Gasteiger partial charge in [-0.25, -0.2) is 4.79 Å². The standard InChI is InChI=1S/C20H25BrN4O2/c1-3-24(18-15(2)8-7-11-17(18)21)20(26)25(19(22)23)12-13-27-14-16-9-5-4-6-10-16/h4-11H,3,12-14H2,1-2H3,(H3,22,23). The Balaban J connectivity index is 2.05. The SMILES string of the molecule is CCN(C(=O)N(CCOCc1ccccc1)C(=N)N)c1c(C)cccc1Br. The maximum atomic E-state index is 13.0. The van der Waals surface area contributed by atoms with Crippen molar-refractivity contribution in [2.75, 3.05) is 24.6 Å². The molecule has 0 aliphatic carbocycles. The van der Waals surface area contributed by atoms with E-state index in [0.29, 0.717) is 13.2 Å². The van der Waals surface area contributed by atoms with Gasteiger partial charge in [-0.2, -0.15) is 0 Å². The third kappa shape index (κ3) is 5.55. The van der Waals surface area contributed by atoms with Crippen LogP contribution in [0.25, 0.3) is 0 Å². The number of hydrogen-bond donors (Lipinski definition) is 2. The predicted octanol–water partition coefficient (Wildman–Crippen LogP) is 4.12. The van der Waals surface area contributed by atoms with Crippen LogP contribution in [0, 0.1) is 12.3 Å². The number of hydrogen-bond acceptors (Lipinski definition) is 3. The van der Waals surface area contributed by atoms with Crippen LogP contribution in [-0.2, 0) is 11.3 Å². The molecule has 3 N–H and O–H groups in total. The lowest BCUT2D eigenvalue weighted by atomic mass is 10.2. The molecule has 0 aliphatic rings. The summed E-state index contributed by atoms with van der Waals surface area (Å²) < 4.78 is 6.46. The molecule has 144 valence electrons. The van der Waals surface area contributed by atoms with Gasteiger partial charge in [0.2, 0.25) is 0 Å². The van der Waals surface area contributed by atoms with E-state index in [2.05, 4.69) is 15.9 Å². The van der Waals surface area contributed by atoms with Gasteiger partial charge in [-0.05, 0) is 47.0 Å². The molecule has 0 saturated heterocycles. The van der Waals surface area contributed by atoms with Crippen molar-refractivity contribution >= 4 is 33.6 Å². The summed E-state index contributed by atoms with van der Waals surface area (Å²) in [5, 5.41) is 7.81. The molecule has 0 aliphatic heterocycles. The number of guanidine groups is 1. The molecule has 7 heteroatoms. The number of carbonyl (C=O) groups excluding carboxylic acids is 1. The van der Waals surface area contributed by atoms with Crippen molar-refractivity contribution < 1.29 is 9.53 Å². The summed E-state index contributed by atoms with van der Waals surface area (Å²) in [6.45, 7) is 5.23. The number of amides is 2. The highest BCUT2D eigenvalue weighted by molar-refractivity contribution is 9.10. The number of nitrogens with zero attached hydrogens (tertiary/aromatic N) is 2. The van der Waals surface area contributed by atoms with Gasteiger partial charge in [0.25, 0.3) is 0 Å². The van der Waals surface area contributed by atoms with Crippen molar-refractivity contribution in [2.24, 2.45) is 5.73 Å². The first-order chi connectivity index (χ1) is 13.0. The number of halogens is 1. The smallest absolute Gasteiger partial charge is 0.331 e. The lowest BCUT2D eigenvalue weighted by Gasteiger charge is -2.30. The van der Waals surface area contributed by atoms with E-state index in [-0.39, 0.29) is 25.1 Å². The second-order valence-electron chi connectivity index (χ2n) is 6.01. The van der Waals surface area contributed by atoms with Crippen LogP contribution < -0.4 is 10.6 Å². The van der Waals surface area contributed by atoms with E-state index in [4.69, 9.17) is 15.9 Å². The van der Waals surface area contributed by atoms with Gasteiger partial charge in [0, 0.05) is 11.0 Å². The van der Waals surface area contributed by atoms with E-state index in [9.17, 15) is 4.79 Å². The maximum Gasteiger partial charge on any atom is 0.331 e. The molecule has 2 rings (SSSR count). The van der Waals surface area contributed by atoms with Gasteiger partial charge >= 0.3 is 6.03 Å². The first kappa shape index (κ1) is 20.9. The molecule has 2 aromatic rings. The largest absolute Gasteiger partial charge is 0.375 e. The van der Waals surface area contributed by atoms with E-state index < -0.39 is 0 Å². The van der Waals surface area contributed by atoms with Gasteiger partial charge in [-0.15, -0.1) is 0 Å². The molecule has 0 unspecified atom stereocenters. The minimum absolute atomic E-state index is 0.209. The number of ether oxygens (including phenoxy) is 1. The second-order valence-corrected chi connectivity index (χ2v) is 6.86. The van der Waals surface area contributed by atoms with Crippen molar-refractivity contribution in [1.29, 1.82) is 5.41 Å². The second kappa shape index (κ2) is 10.1. The predicted molar refractivity (Wildman–Crippen MR) is 112 cm³/mol. The van der Waals surface area contributed by atoms with Crippen LogP contribution in [0.2, 0.25) is 0 Å². The minimum atomic E-state index is -0.344. The summed E-state index contributed by atoms with van der Waals surface area (Å²) in [7, 11) is 0. The van der Waals surface area contributed by atoms with E-state index >= 15 is 0 Å². The zero-order chi connectivity index (χ0) is 19.8. The summed E-state index contributed by atoms with van der Waals surface area (Å²) in [4.78, 5) is 15.9. The van der Waals surface area contributed by atoms with Crippen LogP contribution in [-0.4, -0.2) is 36.6 Å². The fourth-order valence-electron chi connectivity index (χ4n) is 2.74. The lowest BCUT2D eigenvalue weighted by Crippen LogP contribution is -2.50. The Morgan fingerprint density at radius 1 is 1.19 bits per heavy atom. The van der Waals surface area contributed by atoms with Crippen molar-refractivity contribution in [3.05, 3.63) is 64.1 Å². The topological polar surface area (TPSA) is 82.7 Å². The minimum Gasteiger partial charge on any atom is -0.375 e. The Morgan fingerprint density at radius 2 is 1.89 bits per heavy atom. The molecule has 0 saturated carbocycles. The van der Waals surface area contributed by atoms with Gasteiger partial charge in [-0.1, -0.05) is 42.5 Å². The Morgan fingerprint density at radius 3 is 2.48 bits per heavy atom. The third-order valence-corrected chi connectivity index (χ3v) is 4.74. The lowest BCUT2D eigenvalue weighted by molar-refractivity contribution is 0.111. The molecule has 27 heavy (non-hydrogen) atoms. The van der Waals surface area contributed by atoms with Crippen LogP contribution in [0.15, 0.2) is 53.0 Å². The van der Waals surface area contributed by atoms with E-state index in [0.717, 1.165) is 21.3 Å². The summed E-state index contributed by atoms with van der Waals surface area (Å²) in [6, 6.07) is 15.2. The third-order valence-electron chi connectivity index (χ3n) is 4.10. The van der Waals surface area contributed by atoms with E-state index in [1.165, 1.54) is 4.90 Å². The summed E-state index contributed by atoms with van der Waals surface area (Å²) in [6.07, 6.45) is 0. The van der Waals surface area contributed by atoms with Gasteiger partial charge in [0.05, 0.1) is 25.4 Å². The van der Waals surface area contributed by atoms with Crippen molar-refractivity contribution in [2.45, 2.75) is 20.5 Å².